The first kappa shape index (κ1) is 18.5. The van der Waals surface area contributed by atoms with Crippen LogP contribution >= 0.6 is 24.0 Å². The van der Waals surface area contributed by atoms with Crippen molar-refractivity contribution in [1.82, 2.24) is 10.6 Å². The van der Waals surface area contributed by atoms with Gasteiger partial charge in [-0.05, 0) is 43.2 Å². The van der Waals surface area contributed by atoms with Crippen molar-refractivity contribution in [3.63, 3.8) is 0 Å². The summed E-state index contributed by atoms with van der Waals surface area (Å²) in [4.78, 5) is 4.27. The molecule has 0 spiro atoms. The summed E-state index contributed by atoms with van der Waals surface area (Å²) in [7, 11) is 1.79. The lowest BCUT2D eigenvalue weighted by atomic mass is 9.95. The molecule has 23 heavy (non-hydrogen) atoms. The number of aliphatic imine (C=N–C) groups is 1. The minimum absolute atomic E-state index is 0. The zero-order valence-electron chi connectivity index (χ0n) is 13.8. The first-order valence-electron chi connectivity index (χ1n) is 8.43. The van der Waals surface area contributed by atoms with Crippen molar-refractivity contribution in [3.05, 3.63) is 35.6 Å². The lowest BCUT2D eigenvalue weighted by Gasteiger charge is -2.19. The van der Waals surface area contributed by atoms with Gasteiger partial charge in [-0.15, -0.1) is 24.0 Å². The van der Waals surface area contributed by atoms with Gasteiger partial charge in [0.1, 0.15) is 5.82 Å². The van der Waals surface area contributed by atoms with Crippen molar-refractivity contribution in [2.24, 2.45) is 10.9 Å². The Labute approximate surface area is 155 Å². The van der Waals surface area contributed by atoms with Crippen molar-refractivity contribution in [3.8, 4) is 0 Å². The summed E-state index contributed by atoms with van der Waals surface area (Å²) in [5.74, 6) is 1.72. The third kappa shape index (κ3) is 5.06. The molecule has 3 nitrogen and oxygen atoms in total. The van der Waals surface area contributed by atoms with E-state index >= 15 is 0 Å². The first-order chi connectivity index (χ1) is 10.7. The minimum atomic E-state index is -0.0887. The van der Waals surface area contributed by atoms with Crippen molar-refractivity contribution >= 4 is 29.9 Å². The second-order valence-electron chi connectivity index (χ2n) is 6.70. The van der Waals surface area contributed by atoms with Crippen molar-refractivity contribution in [2.75, 3.05) is 20.1 Å². The van der Waals surface area contributed by atoms with Crippen LogP contribution in [-0.4, -0.2) is 26.1 Å². The molecule has 2 N–H and O–H groups in total. The van der Waals surface area contributed by atoms with Gasteiger partial charge >= 0.3 is 0 Å². The molecule has 0 bridgehead atoms. The monoisotopic (exact) mass is 431 g/mol. The highest BCUT2D eigenvalue weighted by atomic mass is 127. The molecule has 0 radical (unpaired) electrons. The molecule has 1 aromatic carbocycles. The van der Waals surface area contributed by atoms with Gasteiger partial charge in [0.05, 0.1) is 0 Å². The Balaban J connectivity index is 0.00000192. The van der Waals surface area contributed by atoms with E-state index in [1.54, 1.807) is 19.2 Å². The van der Waals surface area contributed by atoms with Crippen LogP contribution in [0.25, 0.3) is 0 Å². The van der Waals surface area contributed by atoms with Gasteiger partial charge in [0.2, 0.25) is 0 Å². The first-order valence-corrected chi connectivity index (χ1v) is 8.43. The van der Waals surface area contributed by atoms with E-state index in [0.29, 0.717) is 0 Å². The lowest BCUT2D eigenvalue weighted by Crippen LogP contribution is -2.41. The lowest BCUT2D eigenvalue weighted by molar-refractivity contribution is 0.558. The van der Waals surface area contributed by atoms with Gasteiger partial charge in [-0.3, -0.25) is 4.99 Å². The zero-order valence-corrected chi connectivity index (χ0v) is 16.1. The van der Waals surface area contributed by atoms with E-state index in [1.165, 1.54) is 25.7 Å². The molecule has 2 fully saturated rings. The summed E-state index contributed by atoms with van der Waals surface area (Å²) in [6.07, 6.45) is 7.43. The van der Waals surface area contributed by atoms with Crippen LogP contribution in [0.15, 0.2) is 29.3 Å². The highest BCUT2D eigenvalue weighted by Crippen LogP contribution is 2.48. The molecule has 0 saturated heterocycles. The molecular weight excluding hydrogens is 404 g/mol. The highest BCUT2D eigenvalue weighted by Gasteiger charge is 2.45. The van der Waals surface area contributed by atoms with Gasteiger partial charge in [-0.1, -0.05) is 31.0 Å². The van der Waals surface area contributed by atoms with Crippen LogP contribution < -0.4 is 10.6 Å². The standard InChI is InChI=1S/C18H26FN3.HI/c1-20-17(21-12-4-5-14-8-9-14)22-13-18(10-11-18)15-6-2-3-7-16(15)19;/h2-3,6-7,14H,4-5,8-13H2,1H3,(H2,20,21,22);1H. The largest absolute Gasteiger partial charge is 0.356 e. The number of hydrogen-bond acceptors (Lipinski definition) is 1. The Bertz CT molecular complexity index is 539. The Morgan fingerprint density at radius 2 is 2.00 bits per heavy atom. The Morgan fingerprint density at radius 3 is 2.61 bits per heavy atom. The van der Waals surface area contributed by atoms with Gasteiger partial charge in [0, 0.05) is 25.6 Å². The van der Waals surface area contributed by atoms with Gasteiger partial charge in [-0.25, -0.2) is 4.39 Å². The smallest absolute Gasteiger partial charge is 0.191 e. The van der Waals surface area contributed by atoms with Gasteiger partial charge in [0.15, 0.2) is 5.96 Å². The van der Waals surface area contributed by atoms with E-state index in [-0.39, 0.29) is 35.2 Å². The summed E-state index contributed by atoms with van der Waals surface area (Å²) >= 11 is 0. The number of benzene rings is 1. The van der Waals surface area contributed by atoms with Crippen LogP contribution in [0, 0.1) is 11.7 Å². The predicted molar refractivity (Wildman–Crippen MR) is 104 cm³/mol. The third-order valence-corrected chi connectivity index (χ3v) is 4.90. The normalized spacial score (nSPS) is 19.0. The number of halogens is 2. The fraction of sp³-hybridized carbons (Fsp3) is 0.611. The Kier molecular flexibility index (Phi) is 6.68. The molecule has 2 aliphatic rings. The molecule has 128 valence electrons. The van der Waals surface area contributed by atoms with E-state index in [2.05, 4.69) is 15.6 Å². The topological polar surface area (TPSA) is 36.4 Å². The van der Waals surface area contributed by atoms with Gasteiger partial charge in [-0.2, -0.15) is 0 Å². The zero-order chi connectivity index (χ0) is 15.4. The fourth-order valence-electron chi connectivity index (χ4n) is 3.06. The quantitative estimate of drug-likeness (QED) is 0.298. The van der Waals surface area contributed by atoms with E-state index in [0.717, 1.165) is 43.4 Å². The maximum Gasteiger partial charge on any atom is 0.191 e. The number of guanidine groups is 1. The summed E-state index contributed by atoms with van der Waals surface area (Å²) in [5.41, 5.74) is 0.795. The van der Waals surface area contributed by atoms with E-state index in [9.17, 15) is 4.39 Å². The van der Waals surface area contributed by atoms with E-state index in [1.807, 2.05) is 12.1 Å². The second-order valence-corrected chi connectivity index (χ2v) is 6.70. The van der Waals surface area contributed by atoms with Crippen LogP contribution in [0.4, 0.5) is 4.39 Å². The van der Waals surface area contributed by atoms with Crippen LogP contribution in [-0.2, 0) is 5.41 Å². The summed E-state index contributed by atoms with van der Waals surface area (Å²) in [6.45, 7) is 1.71. The van der Waals surface area contributed by atoms with Crippen LogP contribution in [0.3, 0.4) is 0 Å². The van der Waals surface area contributed by atoms with Crippen LogP contribution in [0.5, 0.6) is 0 Å². The summed E-state index contributed by atoms with van der Waals surface area (Å²) in [6, 6.07) is 7.14. The molecule has 0 heterocycles. The molecule has 1 aromatic rings. The SMILES string of the molecule is CN=C(NCCCC1CC1)NCC1(c2ccccc2F)CC1.I. The molecular formula is C18H27FIN3. The average Bonchev–Trinajstić information content (AvgIpc) is 3.43. The Morgan fingerprint density at radius 1 is 1.26 bits per heavy atom. The molecule has 0 atom stereocenters. The molecule has 0 amide bonds. The summed E-state index contributed by atoms with van der Waals surface area (Å²) < 4.78 is 14.0. The molecule has 0 aliphatic heterocycles. The number of hydrogen-bond donors (Lipinski definition) is 2. The van der Waals surface area contributed by atoms with Crippen LogP contribution in [0.2, 0.25) is 0 Å². The molecule has 0 aromatic heterocycles. The molecule has 0 unspecified atom stereocenters. The predicted octanol–water partition coefficient (Wildman–Crippen LogP) is 3.83. The van der Waals surface area contributed by atoms with E-state index < -0.39 is 0 Å². The second kappa shape index (κ2) is 8.31. The average molecular weight is 431 g/mol. The van der Waals surface area contributed by atoms with Gasteiger partial charge in [0.25, 0.3) is 0 Å². The highest BCUT2D eigenvalue weighted by molar-refractivity contribution is 14.0. The number of nitrogens with zero attached hydrogens (tertiary/aromatic N) is 1. The molecule has 5 heteroatoms. The van der Waals surface area contributed by atoms with Gasteiger partial charge < -0.3 is 10.6 Å². The molecule has 2 aliphatic carbocycles. The van der Waals surface area contributed by atoms with Crippen molar-refractivity contribution in [1.29, 1.82) is 0 Å². The van der Waals surface area contributed by atoms with Crippen LogP contribution in [0.1, 0.15) is 44.1 Å². The Hall–Kier alpha value is -0.850. The number of nitrogens with one attached hydrogen (secondary N) is 2. The number of rotatable bonds is 7. The minimum Gasteiger partial charge on any atom is -0.356 e. The van der Waals surface area contributed by atoms with E-state index in [4.69, 9.17) is 0 Å². The van der Waals surface area contributed by atoms with Crippen molar-refractivity contribution in [2.45, 2.75) is 43.9 Å². The maximum absolute atomic E-state index is 14.0. The molecule has 2 saturated carbocycles. The maximum atomic E-state index is 14.0. The summed E-state index contributed by atoms with van der Waals surface area (Å²) in [5, 5.41) is 6.74. The third-order valence-electron chi connectivity index (χ3n) is 4.90. The van der Waals surface area contributed by atoms with Crippen molar-refractivity contribution < 1.29 is 4.39 Å². The fourth-order valence-corrected chi connectivity index (χ4v) is 3.06. The molecule has 3 rings (SSSR count).